The van der Waals surface area contributed by atoms with Crippen molar-refractivity contribution in [3.05, 3.63) is 0 Å². The van der Waals surface area contributed by atoms with Gasteiger partial charge in [0.2, 0.25) is 0 Å². The van der Waals surface area contributed by atoms with E-state index < -0.39 is 22.3 Å². The molecule has 0 bridgehead atoms. The van der Waals surface area contributed by atoms with Crippen LogP contribution >= 0.6 is 0 Å². The van der Waals surface area contributed by atoms with Gasteiger partial charge in [-0.25, -0.2) is 0 Å². The molecule has 0 unspecified atom stereocenters. The summed E-state index contributed by atoms with van der Waals surface area (Å²) in [6, 6.07) is 0.979. The van der Waals surface area contributed by atoms with E-state index in [4.69, 9.17) is 29.0 Å². The quantitative estimate of drug-likeness (QED) is 0.138. The molecule has 12 nitrogen and oxygen atoms in total. The van der Waals surface area contributed by atoms with E-state index in [0.29, 0.717) is 25.2 Å². The minimum atomic E-state index is -5.17. The van der Waals surface area contributed by atoms with Gasteiger partial charge in [-0.3, -0.25) is 8.42 Å². The summed E-state index contributed by atoms with van der Waals surface area (Å²) in [6.45, 7) is 0.946. The summed E-state index contributed by atoms with van der Waals surface area (Å²) in [5.74, 6) is -2.01. The molecule has 0 aromatic rings. The Kier molecular flexibility index (Phi) is 24.3. The Labute approximate surface area is 224 Å². The van der Waals surface area contributed by atoms with Crippen molar-refractivity contribution in [2.75, 3.05) is 13.1 Å². The fourth-order valence-corrected chi connectivity index (χ4v) is 3.55. The second-order valence-electron chi connectivity index (χ2n) is 7.67. The molecule has 4 atom stereocenters. The van der Waals surface area contributed by atoms with E-state index in [1.54, 1.807) is 0 Å². The van der Waals surface area contributed by atoms with Crippen LogP contribution in [0.4, 0.5) is 0 Å². The van der Waals surface area contributed by atoms with Gasteiger partial charge in [0.25, 0.3) is 0 Å². The molecule has 0 amide bonds. The summed E-state index contributed by atoms with van der Waals surface area (Å²) in [7, 11) is -5.17. The third-order valence-corrected chi connectivity index (χ3v) is 5.11. The second kappa shape index (κ2) is 21.3. The van der Waals surface area contributed by atoms with E-state index >= 15 is 0 Å². The number of hydrogen-bond donors (Lipinski definition) is 4. The van der Waals surface area contributed by atoms with E-state index in [-0.39, 0.29) is 67.1 Å². The van der Waals surface area contributed by atoms with Gasteiger partial charge in [-0.15, -0.1) is 0 Å². The molecule has 33 heavy (non-hydrogen) atoms. The Bertz CT molecular complexity index is 585. The van der Waals surface area contributed by atoms with Crippen LogP contribution in [0.2, 0.25) is 0 Å². The Hall–Kier alpha value is 0.0266. The summed E-state index contributed by atoms with van der Waals surface area (Å²) in [4.78, 5) is 20.3. The van der Waals surface area contributed by atoms with Crippen molar-refractivity contribution < 1.29 is 79.5 Å². The second-order valence-corrected chi connectivity index (χ2v) is 8.49. The molecule has 0 spiro atoms. The van der Waals surface area contributed by atoms with Crippen molar-refractivity contribution in [1.29, 1.82) is 0 Å². The van der Waals surface area contributed by atoms with Gasteiger partial charge in [-0.2, -0.15) is 0 Å². The molecule has 15 heteroatoms. The van der Waals surface area contributed by atoms with Crippen molar-refractivity contribution in [2.24, 2.45) is 11.5 Å². The van der Waals surface area contributed by atoms with E-state index in [2.05, 4.69) is 10.6 Å². The van der Waals surface area contributed by atoms with Gasteiger partial charge in [-0.05, 0) is 38.5 Å². The van der Waals surface area contributed by atoms with Crippen LogP contribution in [0, 0.1) is 0 Å². The Balaban J connectivity index is -0.000000433. The standard InChI is InChI=1S/2C9H18N2O2.H2O4S.2Pt/c2*10-7-3-1-2-4-8(7)11-6-5-9(12)13;1-5(2,3)4;;/h2*7-8,11H,1-6,10H2,(H,12,13);(H2,1,2,3,4);;/q;;;2*+2/p-4/t2*7-,8-;;;/m11.../s1. The monoisotopic (exact) mass is 856 g/mol. The fraction of sp³-hybridized carbons (Fsp3) is 0.889. The first kappa shape index (κ1) is 37.6. The molecule has 200 valence electrons. The molecule has 0 aliphatic heterocycles. The zero-order valence-corrected chi connectivity index (χ0v) is 23.6. The maximum atomic E-state index is 10.1. The first-order valence-corrected chi connectivity index (χ1v) is 11.8. The number of carboxylic acid groups (broad SMARTS) is 2. The number of hydrogen-bond acceptors (Lipinski definition) is 12. The summed E-state index contributed by atoms with van der Waals surface area (Å²) in [5, 5.41) is 26.6. The molecule has 0 saturated heterocycles. The molecule has 2 saturated carbocycles. The minimum Gasteiger partial charge on any atom is -0.759 e. The molecule has 6 N–H and O–H groups in total. The van der Waals surface area contributed by atoms with Crippen LogP contribution in [-0.4, -0.2) is 66.7 Å². The molecule has 2 fully saturated rings. The minimum absolute atomic E-state index is 0. The number of nitrogens with one attached hydrogen (secondary N) is 2. The van der Waals surface area contributed by atoms with E-state index in [1.807, 2.05) is 0 Å². The first-order chi connectivity index (χ1) is 14.4. The van der Waals surface area contributed by atoms with Gasteiger partial charge >= 0.3 is 42.1 Å². The van der Waals surface area contributed by atoms with Crippen molar-refractivity contribution in [2.45, 2.75) is 88.4 Å². The van der Waals surface area contributed by atoms with Gasteiger partial charge in [0.1, 0.15) is 0 Å². The van der Waals surface area contributed by atoms with Crippen LogP contribution in [0.3, 0.4) is 0 Å². The van der Waals surface area contributed by atoms with Crippen LogP contribution in [-0.2, 0) is 62.1 Å². The Morgan fingerprint density at radius 3 is 1.24 bits per heavy atom. The van der Waals surface area contributed by atoms with Crippen molar-refractivity contribution >= 4 is 22.3 Å². The molecular weight excluding hydrogens is 822 g/mol. The number of carbonyl (C=O) groups excluding carboxylic acids is 2. The van der Waals surface area contributed by atoms with Gasteiger partial charge in [0.15, 0.2) is 0 Å². The summed E-state index contributed by atoms with van der Waals surface area (Å²) >= 11 is 0. The topological polar surface area (TPSA) is 237 Å². The Morgan fingerprint density at radius 1 is 0.727 bits per heavy atom. The fourth-order valence-electron chi connectivity index (χ4n) is 3.55. The summed E-state index contributed by atoms with van der Waals surface area (Å²) < 4.78 is 34.1. The molecule has 2 aliphatic rings. The third-order valence-electron chi connectivity index (χ3n) is 5.11. The number of aliphatic carboxylic acids is 2. The van der Waals surface area contributed by atoms with Crippen LogP contribution in [0.15, 0.2) is 0 Å². The van der Waals surface area contributed by atoms with Gasteiger partial charge in [-0.1, -0.05) is 25.7 Å². The van der Waals surface area contributed by atoms with Crippen molar-refractivity contribution in [3.63, 3.8) is 0 Å². The number of carbonyl (C=O) groups is 2. The molecular formula is C18H34N4O8Pt2S. The van der Waals surface area contributed by atoms with Gasteiger partial charge < -0.3 is 51.0 Å². The van der Waals surface area contributed by atoms with Gasteiger partial charge in [0, 0.05) is 59.6 Å². The normalized spacial score (nSPS) is 24.4. The summed E-state index contributed by atoms with van der Waals surface area (Å²) in [5.41, 5.74) is 11.7. The smallest absolute Gasteiger partial charge is 0.759 e. The number of carboxylic acids is 2. The number of rotatable bonds is 8. The number of nitrogens with two attached hydrogens (primary N) is 2. The average molecular weight is 857 g/mol. The Morgan fingerprint density at radius 2 is 1.00 bits per heavy atom. The molecule has 0 aromatic carbocycles. The molecule has 2 aliphatic carbocycles. The predicted octanol–water partition coefficient (Wildman–Crippen LogP) is -3.37. The zero-order chi connectivity index (χ0) is 23.9. The maximum absolute atomic E-state index is 10.1. The van der Waals surface area contributed by atoms with E-state index in [1.165, 1.54) is 25.7 Å². The SMILES string of the molecule is N[C@@H]1CCCC[C@H]1NCCC(=O)[O-].N[C@@H]1CCCC[C@H]1NCCC(=O)[O-].O=S(=O)([O-])[O-].[Pt+2].[Pt+2]. The maximum Gasteiger partial charge on any atom is 2.00 e. The third kappa shape index (κ3) is 24.9. The average Bonchev–Trinajstić information content (AvgIpc) is 2.64. The van der Waals surface area contributed by atoms with Gasteiger partial charge in [0.05, 0.1) is 0 Å². The van der Waals surface area contributed by atoms with Crippen molar-refractivity contribution in [3.8, 4) is 0 Å². The largest absolute Gasteiger partial charge is 2.00 e. The molecule has 0 heterocycles. The predicted molar refractivity (Wildman–Crippen MR) is 106 cm³/mol. The summed E-state index contributed by atoms with van der Waals surface area (Å²) in [6.07, 6.45) is 9.13. The van der Waals surface area contributed by atoms with Crippen LogP contribution in [0.25, 0.3) is 0 Å². The van der Waals surface area contributed by atoms with Crippen molar-refractivity contribution in [1.82, 2.24) is 10.6 Å². The van der Waals surface area contributed by atoms with Crippen LogP contribution in [0.5, 0.6) is 0 Å². The van der Waals surface area contributed by atoms with Crippen LogP contribution < -0.4 is 32.3 Å². The zero-order valence-electron chi connectivity index (χ0n) is 18.3. The first-order valence-electron chi connectivity index (χ1n) is 10.4. The van der Waals surface area contributed by atoms with E-state index in [9.17, 15) is 19.8 Å². The van der Waals surface area contributed by atoms with Crippen LogP contribution in [0.1, 0.15) is 64.2 Å². The molecule has 2 rings (SSSR count). The molecule has 0 radical (unpaired) electrons. The molecule has 0 aromatic heterocycles. The van der Waals surface area contributed by atoms with E-state index in [0.717, 1.165) is 25.7 Å².